The summed E-state index contributed by atoms with van der Waals surface area (Å²) in [5, 5.41) is 0. The van der Waals surface area contributed by atoms with Crippen molar-refractivity contribution >= 4 is 0 Å². The molecule has 2 nitrogen and oxygen atoms in total. The SMILES string of the molecule is CC(C)CC(N)CN1C(C)CCCC1C. The maximum absolute atomic E-state index is 6.19. The number of rotatable bonds is 4. The lowest BCUT2D eigenvalue weighted by molar-refractivity contribution is 0.0933. The van der Waals surface area contributed by atoms with Gasteiger partial charge in [0.15, 0.2) is 0 Å². The Morgan fingerprint density at radius 2 is 1.73 bits per heavy atom. The van der Waals surface area contributed by atoms with Gasteiger partial charge in [0, 0.05) is 24.7 Å². The second-order valence-electron chi connectivity index (χ2n) is 5.72. The van der Waals surface area contributed by atoms with Crippen molar-refractivity contribution in [2.24, 2.45) is 11.7 Å². The molecule has 1 aliphatic rings. The van der Waals surface area contributed by atoms with Crippen LogP contribution in [-0.2, 0) is 0 Å². The van der Waals surface area contributed by atoms with Gasteiger partial charge < -0.3 is 5.73 Å². The van der Waals surface area contributed by atoms with E-state index in [0.29, 0.717) is 6.04 Å². The summed E-state index contributed by atoms with van der Waals surface area (Å²) in [4.78, 5) is 2.61. The van der Waals surface area contributed by atoms with Crippen molar-refractivity contribution in [3.05, 3.63) is 0 Å². The van der Waals surface area contributed by atoms with E-state index in [1.807, 2.05) is 0 Å². The summed E-state index contributed by atoms with van der Waals surface area (Å²) in [6.45, 7) is 10.3. The highest BCUT2D eigenvalue weighted by Gasteiger charge is 2.25. The Labute approximate surface area is 95.2 Å². The van der Waals surface area contributed by atoms with Crippen molar-refractivity contribution in [2.45, 2.75) is 71.5 Å². The Kier molecular flexibility index (Phi) is 5.07. The summed E-state index contributed by atoms with van der Waals surface area (Å²) in [7, 11) is 0. The molecule has 0 saturated carbocycles. The van der Waals surface area contributed by atoms with Crippen LogP contribution in [0.25, 0.3) is 0 Å². The third kappa shape index (κ3) is 4.12. The van der Waals surface area contributed by atoms with E-state index in [9.17, 15) is 0 Å². The quantitative estimate of drug-likeness (QED) is 0.776. The minimum absolute atomic E-state index is 0.355. The molecule has 0 radical (unpaired) electrons. The monoisotopic (exact) mass is 212 g/mol. The number of piperidine rings is 1. The topological polar surface area (TPSA) is 29.3 Å². The van der Waals surface area contributed by atoms with Crippen LogP contribution in [0.4, 0.5) is 0 Å². The van der Waals surface area contributed by atoms with Gasteiger partial charge in [0.1, 0.15) is 0 Å². The molecule has 1 fully saturated rings. The second-order valence-corrected chi connectivity index (χ2v) is 5.72. The van der Waals surface area contributed by atoms with Gasteiger partial charge in [-0.05, 0) is 39.0 Å². The summed E-state index contributed by atoms with van der Waals surface area (Å²) >= 11 is 0. The van der Waals surface area contributed by atoms with E-state index in [2.05, 4.69) is 32.6 Å². The fraction of sp³-hybridized carbons (Fsp3) is 1.00. The summed E-state index contributed by atoms with van der Waals surface area (Å²) in [6, 6.07) is 1.81. The Balaban J connectivity index is 2.40. The van der Waals surface area contributed by atoms with Crippen molar-refractivity contribution in [3.8, 4) is 0 Å². The van der Waals surface area contributed by atoms with Crippen LogP contribution >= 0.6 is 0 Å². The molecule has 0 aromatic rings. The Morgan fingerprint density at radius 3 is 2.20 bits per heavy atom. The standard InChI is InChI=1S/C13H28N2/c1-10(2)8-13(14)9-15-11(3)6-5-7-12(15)4/h10-13H,5-9,14H2,1-4H3. The minimum Gasteiger partial charge on any atom is -0.327 e. The third-order valence-electron chi connectivity index (χ3n) is 3.60. The van der Waals surface area contributed by atoms with Crippen molar-refractivity contribution in [3.63, 3.8) is 0 Å². The van der Waals surface area contributed by atoms with E-state index < -0.39 is 0 Å². The molecule has 1 saturated heterocycles. The van der Waals surface area contributed by atoms with Gasteiger partial charge in [0.25, 0.3) is 0 Å². The van der Waals surface area contributed by atoms with Crippen LogP contribution in [0.5, 0.6) is 0 Å². The minimum atomic E-state index is 0.355. The van der Waals surface area contributed by atoms with Crippen LogP contribution in [0.15, 0.2) is 0 Å². The van der Waals surface area contributed by atoms with Crippen LogP contribution in [-0.4, -0.2) is 29.6 Å². The van der Waals surface area contributed by atoms with Gasteiger partial charge in [0.05, 0.1) is 0 Å². The van der Waals surface area contributed by atoms with Gasteiger partial charge in [-0.2, -0.15) is 0 Å². The zero-order valence-electron chi connectivity index (χ0n) is 10.9. The van der Waals surface area contributed by atoms with Gasteiger partial charge in [-0.3, -0.25) is 4.90 Å². The van der Waals surface area contributed by atoms with Gasteiger partial charge in [-0.25, -0.2) is 0 Å². The lowest BCUT2D eigenvalue weighted by Crippen LogP contribution is -2.49. The summed E-state index contributed by atoms with van der Waals surface area (Å²) in [6.07, 6.45) is 5.23. The lowest BCUT2D eigenvalue weighted by atomic mass is 9.95. The molecule has 3 unspecified atom stereocenters. The van der Waals surface area contributed by atoms with E-state index in [-0.39, 0.29) is 0 Å². The molecular weight excluding hydrogens is 184 g/mol. The molecule has 0 spiro atoms. The molecule has 0 amide bonds. The predicted octanol–water partition coefficient (Wildman–Crippen LogP) is 2.62. The maximum atomic E-state index is 6.19. The maximum Gasteiger partial charge on any atom is 0.0170 e. The predicted molar refractivity (Wildman–Crippen MR) is 66.9 cm³/mol. The van der Waals surface area contributed by atoms with Gasteiger partial charge >= 0.3 is 0 Å². The second kappa shape index (κ2) is 5.86. The first kappa shape index (κ1) is 13.0. The molecule has 2 heteroatoms. The first-order chi connectivity index (χ1) is 7.00. The molecule has 15 heavy (non-hydrogen) atoms. The van der Waals surface area contributed by atoms with Crippen LogP contribution in [0.1, 0.15) is 53.4 Å². The van der Waals surface area contributed by atoms with E-state index >= 15 is 0 Å². The normalized spacial score (nSPS) is 30.8. The number of nitrogens with zero attached hydrogens (tertiary/aromatic N) is 1. The van der Waals surface area contributed by atoms with E-state index in [4.69, 9.17) is 5.73 Å². The van der Waals surface area contributed by atoms with Crippen LogP contribution in [0.3, 0.4) is 0 Å². The highest BCUT2D eigenvalue weighted by Crippen LogP contribution is 2.22. The van der Waals surface area contributed by atoms with E-state index in [1.165, 1.54) is 19.3 Å². The average molecular weight is 212 g/mol. The smallest absolute Gasteiger partial charge is 0.0170 e. The zero-order chi connectivity index (χ0) is 11.4. The fourth-order valence-electron chi connectivity index (χ4n) is 2.79. The highest BCUT2D eigenvalue weighted by molar-refractivity contribution is 4.82. The largest absolute Gasteiger partial charge is 0.327 e. The number of hydrogen-bond acceptors (Lipinski definition) is 2. The molecule has 0 aromatic heterocycles. The number of likely N-dealkylation sites (tertiary alicyclic amines) is 1. The highest BCUT2D eigenvalue weighted by atomic mass is 15.2. The average Bonchev–Trinajstić information content (AvgIpc) is 2.10. The van der Waals surface area contributed by atoms with Crippen LogP contribution < -0.4 is 5.73 Å². The van der Waals surface area contributed by atoms with Crippen LogP contribution in [0, 0.1) is 5.92 Å². The molecule has 1 rings (SSSR count). The molecule has 0 bridgehead atoms. The first-order valence-corrected chi connectivity index (χ1v) is 6.52. The van der Waals surface area contributed by atoms with Crippen molar-refractivity contribution in [2.75, 3.05) is 6.54 Å². The number of nitrogens with two attached hydrogens (primary N) is 1. The van der Waals surface area contributed by atoms with Gasteiger partial charge in [-0.1, -0.05) is 20.3 Å². The fourth-order valence-corrected chi connectivity index (χ4v) is 2.79. The summed E-state index contributed by atoms with van der Waals surface area (Å²) < 4.78 is 0. The molecule has 1 heterocycles. The molecule has 90 valence electrons. The molecule has 3 atom stereocenters. The molecule has 0 aliphatic carbocycles. The van der Waals surface area contributed by atoms with Crippen LogP contribution in [0.2, 0.25) is 0 Å². The van der Waals surface area contributed by atoms with Gasteiger partial charge in [-0.15, -0.1) is 0 Å². The molecule has 1 aliphatic heterocycles. The third-order valence-corrected chi connectivity index (χ3v) is 3.60. The Bertz CT molecular complexity index is 169. The summed E-state index contributed by atoms with van der Waals surface area (Å²) in [5.74, 6) is 0.718. The van der Waals surface area contributed by atoms with Crippen molar-refractivity contribution < 1.29 is 0 Å². The summed E-state index contributed by atoms with van der Waals surface area (Å²) in [5.41, 5.74) is 6.19. The van der Waals surface area contributed by atoms with Crippen molar-refractivity contribution in [1.82, 2.24) is 4.90 Å². The lowest BCUT2D eigenvalue weighted by Gasteiger charge is -2.40. The van der Waals surface area contributed by atoms with E-state index in [1.54, 1.807) is 0 Å². The molecule has 0 aromatic carbocycles. The first-order valence-electron chi connectivity index (χ1n) is 6.52. The van der Waals surface area contributed by atoms with Crippen molar-refractivity contribution in [1.29, 1.82) is 0 Å². The molecular formula is C13H28N2. The Morgan fingerprint density at radius 1 is 1.20 bits per heavy atom. The zero-order valence-corrected chi connectivity index (χ0v) is 10.9. The van der Waals surface area contributed by atoms with E-state index in [0.717, 1.165) is 31.0 Å². The molecule has 2 N–H and O–H groups in total. The Hall–Kier alpha value is -0.0800. The number of hydrogen-bond donors (Lipinski definition) is 1. The van der Waals surface area contributed by atoms with Gasteiger partial charge in [0.2, 0.25) is 0 Å².